The van der Waals surface area contributed by atoms with E-state index >= 15 is 0 Å². The molecule has 1 N–H and O–H groups in total. The molecule has 0 aliphatic carbocycles. The second-order valence-electron chi connectivity index (χ2n) is 6.15. The summed E-state index contributed by atoms with van der Waals surface area (Å²) in [7, 11) is 1.82. The highest BCUT2D eigenvalue weighted by Crippen LogP contribution is 2.25. The van der Waals surface area contributed by atoms with Crippen molar-refractivity contribution in [2.75, 3.05) is 20.1 Å². The van der Waals surface area contributed by atoms with E-state index in [9.17, 15) is 9.18 Å². The number of carbonyl (C=O) groups is 1. The summed E-state index contributed by atoms with van der Waals surface area (Å²) in [5.41, 5.74) is 0.960. The molecule has 2 rings (SSSR count). The lowest BCUT2D eigenvalue weighted by Gasteiger charge is -2.29. The van der Waals surface area contributed by atoms with E-state index in [0.29, 0.717) is 24.8 Å². The molecule has 3 nitrogen and oxygen atoms in total. The summed E-state index contributed by atoms with van der Waals surface area (Å²) < 4.78 is 12.9. The number of nitrogens with zero attached hydrogens (tertiary/aromatic N) is 1. The van der Waals surface area contributed by atoms with Crippen LogP contribution in [0, 0.1) is 17.7 Å². The number of hydrogen-bond donors (Lipinski definition) is 1. The van der Waals surface area contributed by atoms with Crippen LogP contribution in [0.2, 0.25) is 0 Å². The van der Waals surface area contributed by atoms with Gasteiger partial charge >= 0.3 is 0 Å². The molecule has 1 aliphatic heterocycles. The van der Waals surface area contributed by atoms with Crippen LogP contribution in [0.4, 0.5) is 4.39 Å². The molecule has 1 amide bonds. The molecule has 1 saturated heterocycles. The average Bonchev–Trinajstić information content (AvgIpc) is 2.50. The monoisotopic (exact) mass is 328 g/mol. The third kappa shape index (κ3) is 5.58. The third-order valence-corrected chi connectivity index (χ3v) is 4.44. The Morgan fingerprint density at radius 2 is 1.91 bits per heavy atom. The van der Waals surface area contributed by atoms with Crippen LogP contribution >= 0.6 is 12.4 Å². The Morgan fingerprint density at radius 3 is 2.50 bits per heavy atom. The SMILES string of the molecule is CC(CC(=O)N(C)Cc1ccc(F)cc1)C1CCNCC1.Cl. The zero-order chi connectivity index (χ0) is 15.2. The van der Waals surface area contributed by atoms with Gasteiger partial charge in [0, 0.05) is 20.0 Å². The Morgan fingerprint density at radius 1 is 1.32 bits per heavy atom. The molecule has 0 bridgehead atoms. The molecule has 1 aromatic carbocycles. The van der Waals surface area contributed by atoms with Crippen LogP contribution in [-0.2, 0) is 11.3 Å². The summed E-state index contributed by atoms with van der Waals surface area (Å²) in [5.74, 6) is 1.00. The number of amides is 1. The summed E-state index contributed by atoms with van der Waals surface area (Å²) in [6, 6.07) is 6.33. The van der Waals surface area contributed by atoms with Crippen LogP contribution in [0.3, 0.4) is 0 Å². The first kappa shape index (κ1) is 18.9. The minimum Gasteiger partial charge on any atom is -0.341 e. The number of nitrogens with one attached hydrogen (secondary N) is 1. The fraction of sp³-hybridized carbons (Fsp3) is 0.588. The van der Waals surface area contributed by atoms with Crippen molar-refractivity contribution in [2.45, 2.75) is 32.7 Å². The van der Waals surface area contributed by atoms with Gasteiger partial charge in [-0.3, -0.25) is 4.79 Å². The Kier molecular flexibility index (Phi) is 7.83. The molecule has 1 atom stereocenters. The average molecular weight is 329 g/mol. The van der Waals surface area contributed by atoms with E-state index in [-0.39, 0.29) is 24.1 Å². The largest absolute Gasteiger partial charge is 0.341 e. The molecule has 0 spiro atoms. The van der Waals surface area contributed by atoms with Crippen molar-refractivity contribution in [1.29, 1.82) is 0 Å². The molecule has 1 heterocycles. The van der Waals surface area contributed by atoms with Gasteiger partial charge in [-0.15, -0.1) is 12.4 Å². The summed E-state index contributed by atoms with van der Waals surface area (Å²) in [5, 5.41) is 3.36. The maximum absolute atomic E-state index is 12.9. The minimum absolute atomic E-state index is 0. The second kappa shape index (κ2) is 9.11. The summed E-state index contributed by atoms with van der Waals surface area (Å²) >= 11 is 0. The number of hydrogen-bond acceptors (Lipinski definition) is 2. The molecule has 124 valence electrons. The maximum atomic E-state index is 12.9. The van der Waals surface area contributed by atoms with Gasteiger partial charge in [-0.05, 0) is 55.5 Å². The van der Waals surface area contributed by atoms with Gasteiger partial charge in [-0.2, -0.15) is 0 Å². The highest BCUT2D eigenvalue weighted by molar-refractivity contribution is 5.85. The van der Waals surface area contributed by atoms with Gasteiger partial charge in [0.2, 0.25) is 5.91 Å². The number of halogens is 2. The molecule has 22 heavy (non-hydrogen) atoms. The lowest BCUT2D eigenvalue weighted by Crippen LogP contribution is -2.34. The highest BCUT2D eigenvalue weighted by Gasteiger charge is 2.23. The molecule has 1 fully saturated rings. The first-order chi connectivity index (χ1) is 10.1. The van der Waals surface area contributed by atoms with Gasteiger partial charge in [0.1, 0.15) is 5.82 Å². The van der Waals surface area contributed by atoms with Gasteiger partial charge in [0.25, 0.3) is 0 Å². The fourth-order valence-corrected chi connectivity index (χ4v) is 2.96. The highest BCUT2D eigenvalue weighted by atomic mass is 35.5. The van der Waals surface area contributed by atoms with Gasteiger partial charge in [-0.1, -0.05) is 19.1 Å². The molecule has 0 aromatic heterocycles. The van der Waals surface area contributed by atoms with Gasteiger partial charge in [0.15, 0.2) is 0 Å². The Bertz CT molecular complexity index is 460. The zero-order valence-corrected chi connectivity index (χ0v) is 14.2. The standard InChI is InChI=1S/C17H25FN2O.ClH/c1-13(15-7-9-19-10-8-15)11-17(21)20(2)12-14-3-5-16(18)6-4-14;/h3-6,13,15,19H,7-12H2,1-2H3;1H. The predicted octanol–water partition coefficient (Wildman–Crippen LogP) is 3.23. The van der Waals surface area contributed by atoms with E-state index in [1.165, 1.54) is 12.1 Å². The van der Waals surface area contributed by atoms with E-state index in [4.69, 9.17) is 0 Å². The molecule has 1 aliphatic rings. The van der Waals surface area contributed by atoms with E-state index in [1.807, 2.05) is 7.05 Å². The van der Waals surface area contributed by atoms with Crippen LogP contribution in [-0.4, -0.2) is 30.9 Å². The van der Waals surface area contributed by atoms with Crippen molar-refractivity contribution in [1.82, 2.24) is 10.2 Å². The molecule has 1 aromatic rings. The van der Waals surface area contributed by atoms with E-state index in [2.05, 4.69) is 12.2 Å². The Balaban J connectivity index is 0.00000242. The lowest BCUT2D eigenvalue weighted by molar-refractivity contribution is -0.131. The van der Waals surface area contributed by atoms with Gasteiger partial charge < -0.3 is 10.2 Å². The van der Waals surface area contributed by atoms with E-state index in [1.54, 1.807) is 17.0 Å². The van der Waals surface area contributed by atoms with E-state index < -0.39 is 0 Å². The first-order valence-corrected chi connectivity index (χ1v) is 7.75. The number of benzene rings is 1. The Labute approximate surface area is 138 Å². The van der Waals surface area contributed by atoms with Crippen LogP contribution in [0.15, 0.2) is 24.3 Å². The van der Waals surface area contributed by atoms with Gasteiger partial charge in [0.05, 0.1) is 0 Å². The van der Waals surface area contributed by atoms with Crippen molar-refractivity contribution < 1.29 is 9.18 Å². The number of rotatable bonds is 5. The van der Waals surface area contributed by atoms with Crippen molar-refractivity contribution in [3.63, 3.8) is 0 Å². The van der Waals surface area contributed by atoms with Crippen molar-refractivity contribution in [2.24, 2.45) is 11.8 Å². The van der Waals surface area contributed by atoms with Crippen molar-refractivity contribution in [3.05, 3.63) is 35.6 Å². The van der Waals surface area contributed by atoms with Crippen molar-refractivity contribution >= 4 is 18.3 Å². The second-order valence-corrected chi connectivity index (χ2v) is 6.15. The normalized spacial score (nSPS) is 16.7. The molecular weight excluding hydrogens is 303 g/mol. The quantitative estimate of drug-likeness (QED) is 0.900. The number of carbonyl (C=O) groups excluding carboxylic acids is 1. The number of piperidine rings is 1. The summed E-state index contributed by atoms with van der Waals surface area (Å²) in [6.45, 7) is 4.85. The summed E-state index contributed by atoms with van der Waals surface area (Å²) in [6.07, 6.45) is 2.93. The minimum atomic E-state index is -0.243. The van der Waals surface area contributed by atoms with Crippen LogP contribution < -0.4 is 5.32 Å². The molecular formula is C17H26ClFN2O. The van der Waals surface area contributed by atoms with Crippen molar-refractivity contribution in [3.8, 4) is 0 Å². The predicted molar refractivity (Wildman–Crippen MR) is 89.5 cm³/mol. The Hall–Kier alpha value is -1.13. The molecule has 0 saturated carbocycles. The molecule has 1 unspecified atom stereocenters. The van der Waals surface area contributed by atoms with Crippen LogP contribution in [0.25, 0.3) is 0 Å². The van der Waals surface area contributed by atoms with Gasteiger partial charge in [-0.25, -0.2) is 4.39 Å². The zero-order valence-electron chi connectivity index (χ0n) is 13.3. The lowest BCUT2D eigenvalue weighted by atomic mass is 9.84. The maximum Gasteiger partial charge on any atom is 0.222 e. The van der Waals surface area contributed by atoms with Crippen LogP contribution in [0.1, 0.15) is 31.7 Å². The summed E-state index contributed by atoms with van der Waals surface area (Å²) in [4.78, 5) is 14.0. The smallest absolute Gasteiger partial charge is 0.222 e. The third-order valence-electron chi connectivity index (χ3n) is 4.44. The van der Waals surface area contributed by atoms with E-state index in [0.717, 1.165) is 31.5 Å². The van der Waals surface area contributed by atoms with Crippen LogP contribution in [0.5, 0.6) is 0 Å². The fourth-order valence-electron chi connectivity index (χ4n) is 2.96. The first-order valence-electron chi connectivity index (χ1n) is 7.75. The topological polar surface area (TPSA) is 32.3 Å². The molecule has 0 radical (unpaired) electrons. The molecule has 5 heteroatoms.